The van der Waals surface area contributed by atoms with Gasteiger partial charge in [0.25, 0.3) is 0 Å². The van der Waals surface area contributed by atoms with Gasteiger partial charge in [0, 0.05) is 5.56 Å². The van der Waals surface area contributed by atoms with Crippen LogP contribution in [-0.2, 0) is 6.54 Å². The summed E-state index contributed by atoms with van der Waals surface area (Å²) in [5.41, 5.74) is 7.02. The van der Waals surface area contributed by atoms with Crippen LogP contribution in [0.4, 0.5) is 4.39 Å². The molecule has 1 aromatic carbocycles. The number of nitrogens with zero attached hydrogens (tertiary/aromatic N) is 3. The first-order valence-electron chi connectivity index (χ1n) is 4.59. The van der Waals surface area contributed by atoms with Crippen molar-refractivity contribution < 1.29 is 4.39 Å². The summed E-state index contributed by atoms with van der Waals surface area (Å²) in [6.07, 6.45) is 1.59. The third kappa shape index (κ3) is 2.22. The van der Waals surface area contributed by atoms with E-state index in [1.165, 1.54) is 12.1 Å². The second-order valence-corrected chi connectivity index (χ2v) is 3.77. The van der Waals surface area contributed by atoms with E-state index in [2.05, 4.69) is 10.3 Å². The van der Waals surface area contributed by atoms with E-state index in [0.29, 0.717) is 11.5 Å². The van der Waals surface area contributed by atoms with Gasteiger partial charge in [-0.05, 0) is 24.3 Å². The van der Waals surface area contributed by atoms with Crippen LogP contribution in [0.3, 0.4) is 0 Å². The Morgan fingerprint density at radius 1 is 1.38 bits per heavy atom. The van der Waals surface area contributed by atoms with Crippen molar-refractivity contribution in [2.75, 3.05) is 0 Å². The Kier molecular flexibility index (Phi) is 2.91. The summed E-state index contributed by atoms with van der Waals surface area (Å²) in [5, 5.41) is 7.64. The normalized spacial score (nSPS) is 10.3. The zero-order valence-corrected chi connectivity index (χ0v) is 9.12. The Hall–Kier alpha value is -1.82. The summed E-state index contributed by atoms with van der Waals surface area (Å²) in [6, 6.07) is 6.08. The Balaban J connectivity index is 2.36. The fourth-order valence-corrected chi connectivity index (χ4v) is 1.49. The molecule has 0 fully saturated rings. The summed E-state index contributed by atoms with van der Waals surface area (Å²) < 4.78 is 14.3. The van der Waals surface area contributed by atoms with E-state index in [1.54, 1.807) is 23.0 Å². The number of thiocarbonyl (C=S) groups is 1. The summed E-state index contributed by atoms with van der Waals surface area (Å²) in [5.74, 6) is -0.280. The molecule has 2 N–H and O–H groups in total. The fraction of sp³-hybridized carbons (Fsp3) is 0.100. The van der Waals surface area contributed by atoms with Crippen LogP contribution >= 0.6 is 12.2 Å². The van der Waals surface area contributed by atoms with Crippen molar-refractivity contribution in [1.82, 2.24) is 15.0 Å². The monoisotopic (exact) mass is 236 g/mol. The minimum Gasteiger partial charge on any atom is -0.392 e. The van der Waals surface area contributed by atoms with Crippen molar-refractivity contribution >= 4 is 17.2 Å². The van der Waals surface area contributed by atoms with Crippen LogP contribution in [-0.4, -0.2) is 20.0 Å². The van der Waals surface area contributed by atoms with Gasteiger partial charge in [-0.25, -0.2) is 9.07 Å². The van der Waals surface area contributed by atoms with Crippen LogP contribution < -0.4 is 5.73 Å². The van der Waals surface area contributed by atoms with Gasteiger partial charge >= 0.3 is 0 Å². The molecule has 0 aliphatic heterocycles. The number of hydrogen-bond donors (Lipinski definition) is 1. The van der Waals surface area contributed by atoms with Crippen LogP contribution in [0.15, 0.2) is 30.5 Å². The Bertz CT molecular complexity index is 506. The molecule has 4 nitrogen and oxygen atoms in total. The molecule has 0 saturated carbocycles. The Morgan fingerprint density at radius 2 is 2.06 bits per heavy atom. The van der Waals surface area contributed by atoms with Crippen molar-refractivity contribution in [1.29, 1.82) is 0 Å². The number of benzene rings is 1. The molecule has 0 aliphatic rings. The van der Waals surface area contributed by atoms with Gasteiger partial charge in [0.15, 0.2) is 0 Å². The minimum absolute atomic E-state index is 0.280. The molecule has 0 amide bonds. The molecule has 2 aromatic rings. The van der Waals surface area contributed by atoms with Crippen LogP contribution in [0.1, 0.15) is 0 Å². The molecule has 82 valence electrons. The second-order valence-electron chi connectivity index (χ2n) is 3.25. The Labute approximate surface area is 96.9 Å². The smallest absolute Gasteiger partial charge is 0.123 e. The largest absolute Gasteiger partial charge is 0.392 e. The maximum atomic E-state index is 12.8. The molecular formula is C10H9FN4S. The molecule has 0 unspecified atom stereocenters. The minimum atomic E-state index is -0.280. The first kappa shape index (κ1) is 10.7. The molecule has 1 heterocycles. The van der Waals surface area contributed by atoms with Crippen molar-refractivity contribution in [3.05, 3.63) is 36.3 Å². The van der Waals surface area contributed by atoms with Crippen LogP contribution in [0, 0.1) is 5.82 Å². The molecule has 6 heteroatoms. The molecule has 0 radical (unpaired) electrons. The van der Waals surface area contributed by atoms with Crippen molar-refractivity contribution in [3.8, 4) is 11.3 Å². The molecule has 0 saturated heterocycles. The van der Waals surface area contributed by atoms with E-state index < -0.39 is 0 Å². The number of halogens is 1. The van der Waals surface area contributed by atoms with E-state index in [-0.39, 0.29) is 5.82 Å². The topological polar surface area (TPSA) is 56.7 Å². The van der Waals surface area contributed by atoms with Gasteiger partial charge in [-0.1, -0.05) is 17.4 Å². The summed E-state index contributed by atoms with van der Waals surface area (Å²) >= 11 is 4.80. The van der Waals surface area contributed by atoms with Crippen molar-refractivity contribution in [3.63, 3.8) is 0 Å². The van der Waals surface area contributed by atoms with Gasteiger partial charge in [0.05, 0.1) is 23.4 Å². The molecule has 0 aliphatic carbocycles. The lowest BCUT2D eigenvalue weighted by Crippen LogP contribution is -2.18. The highest BCUT2D eigenvalue weighted by atomic mass is 32.1. The molecule has 2 rings (SSSR count). The van der Waals surface area contributed by atoms with E-state index in [4.69, 9.17) is 18.0 Å². The van der Waals surface area contributed by atoms with E-state index in [9.17, 15) is 4.39 Å². The first-order chi connectivity index (χ1) is 7.66. The summed E-state index contributed by atoms with van der Waals surface area (Å²) in [7, 11) is 0. The molecule has 0 bridgehead atoms. The van der Waals surface area contributed by atoms with Gasteiger partial charge in [0.2, 0.25) is 0 Å². The van der Waals surface area contributed by atoms with Crippen molar-refractivity contribution in [2.45, 2.75) is 6.54 Å². The SMILES string of the molecule is NC(=S)Cn1nncc1-c1ccc(F)cc1. The quantitative estimate of drug-likeness (QED) is 0.818. The van der Waals surface area contributed by atoms with Gasteiger partial charge in [0.1, 0.15) is 5.82 Å². The van der Waals surface area contributed by atoms with Gasteiger partial charge in [-0.2, -0.15) is 0 Å². The lowest BCUT2D eigenvalue weighted by Gasteiger charge is -2.04. The Morgan fingerprint density at radius 3 is 2.69 bits per heavy atom. The number of rotatable bonds is 3. The highest BCUT2D eigenvalue weighted by Crippen LogP contribution is 2.17. The van der Waals surface area contributed by atoms with Gasteiger partial charge in [-0.15, -0.1) is 5.10 Å². The first-order valence-corrected chi connectivity index (χ1v) is 5.00. The highest BCUT2D eigenvalue weighted by molar-refractivity contribution is 7.80. The maximum absolute atomic E-state index is 12.8. The molecule has 16 heavy (non-hydrogen) atoms. The number of nitrogens with two attached hydrogens (primary N) is 1. The zero-order valence-electron chi connectivity index (χ0n) is 8.30. The van der Waals surface area contributed by atoms with Gasteiger partial charge in [-0.3, -0.25) is 0 Å². The highest BCUT2D eigenvalue weighted by Gasteiger charge is 2.07. The average molecular weight is 236 g/mol. The molecule has 1 aromatic heterocycles. The van der Waals surface area contributed by atoms with E-state index in [1.807, 2.05) is 0 Å². The third-order valence-corrected chi connectivity index (χ3v) is 2.19. The summed E-state index contributed by atoms with van der Waals surface area (Å²) in [4.78, 5) is 0.328. The predicted octanol–water partition coefficient (Wildman–Crippen LogP) is 1.37. The van der Waals surface area contributed by atoms with E-state index in [0.717, 1.165) is 11.3 Å². The predicted molar refractivity (Wildman–Crippen MR) is 62.2 cm³/mol. The average Bonchev–Trinajstić information content (AvgIpc) is 2.66. The zero-order chi connectivity index (χ0) is 11.5. The standard InChI is InChI=1S/C10H9FN4S/c11-8-3-1-7(2-4-8)9-5-13-14-15(9)6-10(12)16/h1-5H,6H2,(H2,12,16). The van der Waals surface area contributed by atoms with E-state index >= 15 is 0 Å². The molecule has 0 spiro atoms. The second kappa shape index (κ2) is 4.36. The molecular weight excluding hydrogens is 227 g/mol. The lowest BCUT2D eigenvalue weighted by molar-refractivity contribution is 0.627. The lowest BCUT2D eigenvalue weighted by atomic mass is 10.1. The van der Waals surface area contributed by atoms with Crippen LogP contribution in [0.25, 0.3) is 11.3 Å². The fourth-order valence-electron chi connectivity index (χ4n) is 1.37. The number of hydrogen-bond acceptors (Lipinski definition) is 3. The van der Waals surface area contributed by atoms with Crippen molar-refractivity contribution in [2.24, 2.45) is 5.73 Å². The van der Waals surface area contributed by atoms with Crippen LogP contribution in [0.5, 0.6) is 0 Å². The van der Waals surface area contributed by atoms with Gasteiger partial charge < -0.3 is 5.73 Å². The van der Waals surface area contributed by atoms with Crippen LogP contribution in [0.2, 0.25) is 0 Å². The maximum Gasteiger partial charge on any atom is 0.123 e. The molecule has 0 atom stereocenters. The summed E-state index contributed by atoms with van der Waals surface area (Å²) in [6.45, 7) is 0.321. The number of aromatic nitrogens is 3. The third-order valence-electron chi connectivity index (χ3n) is 2.06.